The minimum Gasteiger partial charge on any atom is -0.496 e. The third-order valence-corrected chi connectivity index (χ3v) is 2.84. The molecular weight excluding hydrogens is 226 g/mol. The first-order valence-electron chi connectivity index (χ1n) is 5.82. The Labute approximate surface area is 107 Å². The highest BCUT2D eigenvalue weighted by atomic mass is 16.5. The van der Waals surface area contributed by atoms with Crippen LogP contribution < -0.4 is 15.2 Å². The lowest BCUT2D eigenvalue weighted by Gasteiger charge is -2.13. The Bertz CT molecular complexity index is 576. The Morgan fingerprint density at radius 3 is 2.44 bits per heavy atom. The number of methoxy groups -OCH3 is 2. The zero-order chi connectivity index (χ0) is 13.0. The van der Waals surface area contributed by atoms with Crippen LogP contribution in [0, 0.1) is 0 Å². The molecule has 2 aromatic rings. The van der Waals surface area contributed by atoms with Gasteiger partial charge in [-0.1, -0.05) is 36.4 Å². The Hall–Kier alpha value is -2.00. The molecule has 0 aliphatic rings. The zero-order valence-corrected chi connectivity index (χ0v) is 10.6. The number of benzene rings is 2. The van der Waals surface area contributed by atoms with Crippen molar-refractivity contribution in [1.29, 1.82) is 0 Å². The van der Waals surface area contributed by atoms with Crippen molar-refractivity contribution < 1.29 is 9.47 Å². The maximum atomic E-state index is 5.51. The number of fused-ring (bicyclic) bond motifs is 1. The van der Waals surface area contributed by atoms with E-state index in [9.17, 15) is 0 Å². The average molecular weight is 243 g/mol. The summed E-state index contributed by atoms with van der Waals surface area (Å²) in [5, 5.41) is 2.08. The van der Waals surface area contributed by atoms with E-state index in [4.69, 9.17) is 15.2 Å². The van der Waals surface area contributed by atoms with E-state index in [2.05, 4.69) is 0 Å². The molecule has 0 aliphatic heterocycles. The second-order valence-corrected chi connectivity index (χ2v) is 3.88. The number of nitrogens with two attached hydrogens (primary N) is 1. The Balaban J connectivity index is 2.74. The van der Waals surface area contributed by atoms with Crippen LogP contribution in [0.5, 0.6) is 11.5 Å². The molecule has 0 heterocycles. The fourth-order valence-electron chi connectivity index (χ4n) is 2.05. The molecule has 94 valence electrons. The molecule has 0 spiro atoms. The van der Waals surface area contributed by atoms with Gasteiger partial charge < -0.3 is 15.2 Å². The van der Waals surface area contributed by atoms with E-state index in [1.807, 2.05) is 42.5 Å². The number of ether oxygens (including phenoxy) is 2. The monoisotopic (exact) mass is 243 g/mol. The van der Waals surface area contributed by atoms with Gasteiger partial charge in [0.05, 0.1) is 14.2 Å². The SMILES string of the molecule is COc1cc(/C=C/CN)c(OC)c2ccccc12. The smallest absolute Gasteiger partial charge is 0.134 e. The minimum absolute atomic E-state index is 0.498. The summed E-state index contributed by atoms with van der Waals surface area (Å²) < 4.78 is 10.9. The standard InChI is InChI=1S/C15H17NO2/c1-17-14-10-11(6-5-9-16)15(18-2)13-8-4-3-7-12(13)14/h3-8,10H,9,16H2,1-2H3/b6-5+. The first-order chi connectivity index (χ1) is 8.81. The van der Waals surface area contributed by atoms with E-state index >= 15 is 0 Å². The first kappa shape index (κ1) is 12.5. The maximum Gasteiger partial charge on any atom is 0.134 e. The Morgan fingerprint density at radius 2 is 1.83 bits per heavy atom. The van der Waals surface area contributed by atoms with E-state index in [1.54, 1.807) is 14.2 Å². The average Bonchev–Trinajstić information content (AvgIpc) is 2.43. The molecule has 0 fully saturated rings. The van der Waals surface area contributed by atoms with Crippen LogP contribution in [0.2, 0.25) is 0 Å². The summed E-state index contributed by atoms with van der Waals surface area (Å²) in [7, 11) is 3.35. The highest BCUT2D eigenvalue weighted by molar-refractivity contribution is 5.96. The number of rotatable bonds is 4. The van der Waals surface area contributed by atoms with Crippen LogP contribution >= 0.6 is 0 Å². The fourth-order valence-corrected chi connectivity index (χ4v) is 2.05. The third kappa shape index (κ3) is 2.17. The molecule has 3 heteroatoms. The van der Waals surface area contributed by atoms with Gasteiger partial charge in [0, 0.05) is 22.9 Å². The molecule has 0 atom stereocenters. The summed E-state index contributed by atoms with van der Waals surface area (Å²) >= 11 is 0. The van der Waals surface area contributed by atoms with Gasteiger partial charge in [0.1, 0.15) is 11.5 Å². The van der Waals surface area contributed by atoms with Crippen LogP contribution in [-0.4, -0.2) is 20.8 Å². The van der Waals surface area contributed by atoms with Gasteiger partial charge in [-0.15, -0.1) is 0 Å². The Morgan fingerprint density at radius 1 is 1.11 bits per heavy atom. The predicted octanol–water partition coefficient (Wildman–Crippen LogP) is 2.83. The van der Waals surface area contributed by atoms with Gasteiger partial charge in [0.15, 0.2) is 0 Å². The second-order valence-electron chi connectivity index (χ2n) is 3.88. The molecule has 0 radical (unpaired) electrons. The molecule has 18 heavy (non-hydrogen) atoms. The third-order valence-electron chi connectivity index (χ3n) is 2.84. The summed E-state index contributed by atoms with van der Waals surface area (Å²) in [4.78, 5) is 0. The molecule has 0 aromatic heterocycles. The van der Waals surface area contributed by atoms with E-state index < -0.39 is 0 Å². The van der Waals surface area contributed by atoms with Crippen LogP contribution in [-0.2, 0) is 0 Å². The van der Waals surface area contributed by atoms with Gasteiger partial charge in [-0.3, -0.25) is 0 Å². The van der Waals surface area contributed by atoms with Crippen molar-refractivity contribution in [3.63, 3.8) is 0 Å². The van der Waals surface area contributed by atoms with Gasteiger partial charge in [-0.2, -0.15) is 0 Å². The van der Waals surface area contributed by atoms with Crippen LogP contribution in [0.25, 0.3) is 16.8 Å². The van der Waals surface area contributed by atoms with E-state index in [-0.39, 0.29) is 0 Å². The molecule has 0 amide bonds. The minimum atomic E-state index is 0.498. The number of hydrogen-bond acceptors (Lipinski definition) is 3. The fraction of sp³-hybridized carbons (Fsp3) is 0.200. The van der Waals surface area contributed by atoms with Crippen molar-refractivity contribution in [2.45, 2.75) is 0 Å². The largest absolute Gasteiger partial charge is 0.496 e. The molecule has 0 saturated carbocycles. The van der Waals surface area contributed by atoms with Crippen molar-refractivity contribution in [1.82, 2.24) is 0 Å². The quantitative estimate of drug-likeness (QED) is 0.898. The molecular formula is C15H17NO2. The topological polar surface area (TPSA) is 44.5 Å². The molecule has 2 aromatic carbocycles. The zero-order valence-electron chi connectivity index (χ0n) is 10.6. The molecule has 0 saturated heterocycles. The van der Waals surface area contributed by atoms with Crippen molar-refractivity contribution in [3.05, 3.63) is 42.0 Å². The highest BCUT2D eigenvalue weighted by Gasteiger charge is 2.10. The van der Waals surface area contributed by atoms with Crippen LogP contribution in [0.4, 0.5) is 0 Å². The highest BCUT2D eigenvalue weighted by Crippen LogP contribution is 2.37. The van der Waals surface area contributed by atoms with E-state index in [0.29, 0.717) is 6.54 Å². The van der Waals surface area contributed by atoms with Gasteiger partial charge >= 0.3 is 0 Å². The second kappa shape index (κ2) is 5.56. The van der Waals surface area contributed by atoms with Crippen LogP contribution in [0.3, 0.4) is 0 Å². The first-order valence-corrected chi connectivity index (χ1v) is 5.82. The molecule has 2 rings (SSSR count). The summed E-state index contributed by atoms with van der Waals surface area (Å²) in [5.74, 6) is 1.68. The van der Waals surface area contributed by atoms with Crippen molar-refractivity contribution in [2.75, 3.05) is 20.8 Å². The van der Waals surface area contributed by atoms with Crippen molar-refractivity contribution in [3.8, 4) is 11.5 Å². The summed E-state index contributed by atoms with van der Waals surface area (Å²) in [5.41, 5.74) is 6.46. The lowest BCUT2D eigenvalue weighted by atomic mass is 10.0. The Kier molecular flexibility index (Phi) is 3.85. The van der Waals surface area contributed by atoms with Crippen LogP contribution in [0.15, 0.2) is 36.4 Å². The van der Waals surface area contributed by atoms with E-state index in [0.717, 1.165) is 27.8 Å². The predicted molar refractivity (Wildman–Crippen MR) is 75.1 cm³/mol. The summed E-state index contributed by atoms with van der Waals surface area (Å²) in [6, 6.07) is 9.98. The van der Waals surface area contributed by atoms with Gasteiger partial charge in [0.25, 0.3) is 0 Å². The maximum absolute atomic E-state index is 5.51. The molecule has 2 N–H and O–H groups in total. The lowest BCUT2D eigenvalue weighted by molar-refractivity contribution is 0.409. The molecule has 3 nitrogen and oxygen atoms in total. The molecule has 0 bridgehead atoms. The normalized spacial score (nSPS) is 11.1. The van der Waals surface area contributed by atoms with Crippen LogP contribution in [0.1, 0.15) is 5.56 Å². The van der Waals surface area contributed by atoms with Crippen molar-refractivity contribution >= 4 is 16.8 Å². The summed E-state index contributed by atoms with van der Waals surface area (Å²) in [6.45, 7) is 0.498. The number of hydrogen-bond donors (Lipinski definition) is 1. The van der Waals surface area contributed by atoms with Gasteiger partial charge in [-0.05, 0) is 6.07 Å². The lowest BCUT2D eigenvalue weighted by Crippen LogP contribution is -1.95. The molecule has 0 unspecified atom stereocenters. The molecule has 0 aliphatic carbocycles. The van der Waals surface area contributed by atoms with Crippen molar-refractivity contribution in [2.24, 2.45) is 5.73 Å². The summed E-state index contributed by atoms with van der Waals surface area (Å²) in [6.07, 6.45) is 3.85. The van der Waals surface area contributed by atoms with Gasteiger partial charge in [-0.25, -0.2) is 0 Å². The van der Waals surface area contributed by atoms with E-state index in [1.165, 1.54) is 0 Å². The van der Waals surface area contributed by atoms with Gasteiger partial charge in [0.2, 0.25) is 0 Å².